The molecule has 4 atom stereocenters. The molecule has 11 bridgehead atoms. The van der Waals surface area contributed by atoms with Gasteiger partial charge in [-0.25, -0.2) is 0 Å². The van der Waals surface area contributed by atoms with Gasteiger partial charge in [-0.3, -0.25) is 4.79 Å². The molecule has 2 aromatic carbocycles. The van der Waals surface area contributed by atoms with Crippen molar-refractivity contribution in [3.8, 4) is 0 Å². The molecule has 0 amide bonds. The predicted octanol–water partition coefficient (Wildman–Crippen LogP) is 5.50. The standard InChI is InChI=1S/C25H24O/c26-23-12-17-10-20-14-3-1-4-18(20)19-5-2-6-21-24(19)15-7-8-25(21,13-15)22(23)11-16(17)9-14/h1,3-4,9-10,15,19,22H,2,5-8,11-13H2. The third kappa shape index (κ3) is 1.50. The van der Waals surface area contributed by atoms with Crippen LogP contribution in [0.3, 0.4) is 0 Å². The van der Waals surface area contributed by atoms with Crippen LogP contribution in [0.25, 0.3) is 10.8 Å². The highest BCUT2D eigenvalue weighted by Crippen LogP contribution is 2.67. The van der Waals surface area contributed by atoms with Crippen molar-refractivity contribution in [3.63, 3.8) is 0 Å². The first-order valence-corrected chi connectivity index (χ1v) is 10.6. The highest BCUT2D eigenvalue weighted by molar-refractivity contribution is 5.93. The minimum atomic E-state index is 0.224. The van der Waals surface area contributed by atoms with Gasteiger partial charge < -0.3 is 0 Å². The van der Waals surface area contributed by atoms with Crippen molar-refractivity contribution in [2.24, 2.45) is 17.3 Å². The second kappa shape index (κ2) is 4.50. The largest absolute Gasteiger partial charge is 0.299 e. The second-order valence-electron chi connectivity index (χ2n) is 9.56. The van der Waals surface area contributed by atoms with Crippen molar-refractivity contribution in [2.75, 3.05) is 0 Å². The zero-order chi connectivity index (χ0) is 17.0. The highest BCUT2D eigenvalue weighted by atomic mass is 16.1. The molecule has 0 aliphatic heterocycles. The molecule has 1 saturated carbocycles. The number of rotatable bonds is 0. The van der Waals surface area contributed by atoms with Crippen LogP contribution >= 0.6 is 0 Å². The van der Waals surface area contributed by atoms with E-state index in [-0.39, 0.29) is 11.3 Å². The van der Waals surface area contributed by atoms with Gasteiger partial charge in [0.05, 0.1) is 0 Å². The van der Waals surface area contributed by atoms with Gasteiger partial charge in [0, 0.05) is 23.7 Å². The summed E-state index contributed by atoms with van der Waals surface area (Å²) >= 11 is 0. The molecule has 6 aliphatic rings. The number of carbonyl (C=O) groups is 1. The number of Topliss-reactive ketones (excluding diaryl/α,β-unsaturated/α-hetero) is 1. The maximum Gasteiger partial charge on any atom is 0.141 e. The van der Waals surface area contributed by atoms with E-state index in [1.807, 2.05) is 0 Å². The van der Waals surface area contributed by atoms with Gasteiger partial charge in [0.2, 0.25) is 0 Å². The van der Waals surface area contributed by atoms with Crippen LogP contribution in [0.15, 0.2) is 41.5 Å². The molecular weight excluding hydrogens is 316 g/mol. The molecule has 2 aromatic rings. The van der Waals surface area contributed by atoms with Gasteiger partial charge >= 0.3 is 0 Å². The number of hydrogen-bond acceptors (Lipinski definition) is 1. The van der Waals surface area contributed by atoms with E-state index < -0.39 is 0 Å². The van der Waals surface area contributed by atoms with Crippen LogP contribution in [0.5, 0.6) is 0 Å². The average molecular weight is 340 g/mol. The molecule has 130 valence electrons. The summed E-state index contributed by atoms with van der Waals surface area (Å²) in [6, 6.07) is 11.8. The number of ketones is 1. The van der Waals surface area contributed by atoms with Crippen LogP contribution in [-0.4, -0.2) is 5.78 Å². The Morgan fingerprint density at radius 3 is 3.00 bits per heavy atom. The first-order chi connectivity index (χ1) is 12.7. The molecule has 0 heterocycles. The molecule has 0 N–H and O–H groups in total. The molecule has 1 spiro atoms. The lowest BCUT2D eigenvalue weighted by Gasteiger charge is -2.42. The second-order valence-corrected chi connectivity index (χ2v) is 9.56. The Balaban J connectivity index is 1.65. The lowest BCUT2D eigenvalue weighted by molar-refractivity contribution is -0.126. The summed E-state index contributed by atoms with van der Waals surface area (Å²) in [5.41, 5.74) is 8.11. The van der Waals surface area contributed by atoms with Crippen LogP contribution in [0.1, 0.15) is 61.1 Å². The summed E-state index contributed by atoms with van der Waals surface area (Å²) in [5, 5.41) is 2.82. The van der Waals surface area contributed by atoms with Crippen molar-refractivity contribution in [1.29, 1.82) is 0 Å². The summed E-state index contributed by atoms with van der Waals surface area (Å²) in [7, 11) is 0. The Hall–Kier alpha value is -1.89. The highest BCUT2D eigenvalue weighted by Gasteiger charge is 2.58. The lowest BCUT2D eigenvalue weighted by atomic mass is 9.60. The fraction of sp³-hybridized carbons (Fsp3) is 0.480. The van der Waals surface area contributed by atoms with Crippen LogP contribution in [0.4, 0.5) is 0 Å². The van der Waals surface area contributed by atoms with Crippen LogP contribution in [0, 0.1) is 17.3 Å². The Bertz CT molecular complexity index is 1040. The van der Waals surface area contributed by atoms with Gasteiger partial charge in [0.1, 0.15) is 5.78 Å². The van der Waals surface area contributed by atoms with E-state index in [2.05, 4.69) is 30.3 Å². The van der Waals surface area contributed by atoms with Crippen molar-refractivity contribution >= 4 is 16.6 Å². The van der Waals surface area contributed by atoms with Gasteiger partial charge in [-0.15, -0.1) is 0 Å². The lowest BCUT2D eigenvalue weighted by Crippen LogP contribution is -2.40. The summed E-state index contributed by atoms with van der Waals surface area (Å²) in [4.78, 5) is 13.3. The minimum Gasteiger partial charge on any atom is -0.299 e. The molecule has 1 nitrogen and oxygen atoms in total. The van der Waals surface area contributed by atoms with Gasteiger partial charge in [0.25, 0.3) is 0 Å². The van der Waals surface area contributed by atoms with E-state index in [1.165, 1.54) is 60.4 Å². The van der Waals surface area contributed by atoms with E-state index in [0.29, 0.717) is 18.1 Å². The van der Waals surface area contributed by atoms with E-state index in [0.717, 1.165) is 12.3 Å². The van der Waals surface area contributed by atoms with Crippen LogP contribution in [0.2, 0.25) is 0 Å². The van der Waals surface area contributed by atoms with Gasteiger partial charge in [0.15, 0.2) is 0 Å². The minimum absolute atomic E-state index is 0.224. The number of hydrogen-bond donors (Lipinski definition) is 0. The number of carbonyl (C=O) groups excluding carboxylic acids is 1. The fourth-order valence-electron chi connectivity index (χ4n) is 7.77. The molecule has 6 aliphatic carbocycles. The SMILES string of the molecule is O=C1Cc2cc3c4cccc3cc2CC1C12CCC(C1)C1=C2CCCC14. The van der Waals surface area contributed by atoms with Crippen molar-refractivity contribution < 1.29 is 4.79 Å². The molecule has 4 unspecified atom stereocenters. The Morgan fingerprint density at radius 1 is 1.08 bits per heavy atom. The molecule has 0 saturated heterocycles. The first kappa shape index (κ1) is 14.2. The third-order valence-corrected chi connectivity index (χ3v) is 8.69. The summed E-state index contributed by atoms with van der Waals surface area (Å²) < 4.78 is 0. The van der Waals surface area contributed by atoms with Crippen molar-refractivity contribution in [2.45, 2.75) is 57.3 Å². The Kier molecular flexibility index (Phi) is 2.46. The smallest absolute Gasteiger partial charge is 0.141 e. The predicted molar refractivity (Wildman–Crippen MR) is 103 cm³/mol. The number of allylic oxidation sites excluding steroid dienone is 2. The van der Waals surface area contributed by atoms with E-state index >= 15 is 0 Å². The monoisotopic (exact) mass is 340 g/mol. The van der Waals surface area contributed by atoms with E-state index in [4.69, 9.17) is 0 Å². The molecule has 0 aromatic heterocycles. The molecule has 8 rings (SSSR count). The van der Waals surface area contributed by atoms with Crippen molar-refractivity contribution in [1.82, 2.24) is 0 Å². The Labute approximate surface area is 154 Å². The summed E-state index contributed by atoms with van der Waals surface area (Å²) in [5.74, 6) is 2.16. The van der Waals surface area contributed by atoms with Crippen LogP contribution < -0.4 is 0 Å². The maximum atomic E-state index is 13.3. The number of fused-ring (bicyclic) bond motifs is 2. The average Bonchev–Trinajstić information content (AvgIpc) is 3.23. The maximum absolute atomic E-state index is 13.3. The topological polar surface area (TPSA) is 17.1 Å². The quantitative estimate of drug-likeness (QED) is 0.579. The fourth-order valence-corrected chi connectivity index (χ4v) is 7.77. The Morgan fingerprint density at radius 2 is 2.04 bits per heavy atom. The van der Waals surface area contributed by atoms with Gasteiger partial charge in [-0.05, 0) is 78.3 Å². The molecule has 26 heavy (non-hydrogen) atoms. The zero-order valence-corrected chi connectivity index (χ0v) is 15.2. The zero-order valence-electron chi connectivity index (χ0n) is 15.2. The van der Waals surface area contributed by atoms with Crippen molar-refractivity contribution in [3.05, 3.63) is 58.2 Å². The molecular formula is C25H24O. The summed E-state index contributed by atoms with van der Waals surface area (Å²) in [6.07, 6.45) is 9.42. The van der Waals surface area contributed by atoms with Crippen LogP contribution in [-0.2, 0) is 17.6 Å². The van der Waals surface area contributed by atoms with Gasteiger partial charge in [-0.1, -0.05) is 41.5 Å². The summed E-state index contributed by atoms with van der Waals surface area (Å²) in [6.45, 7) is 0. The molecule has 1 fully saturated rings. The molecule has 1 heteroatoms. The van der Waals surface area contributed by atoms with E-state index in [9.17, 15) is 4.79 Å². The first-order valence-electron chi connectivity index (χ1n) is 10.6. The van der Waals surface area contributed by atoms with Gasteiger partial charge in [-0.2, -0.15) is 0 Å². The third-order valence-electron chi connectivity index (χ3n) is 8.69. The normalized spacial score (nSPS) is 36.5. The molecule has 0 radical (unpaired) electrons. The number of benzene rings is 2. The van der Waals surface area contributed by atoms with E-state index in [1.54, 1.807) is 16.7 Å².